The second kappa shape index (κ2) is 12.1. The summed E-state index contributed by atoms with van der Waals surface area (Å²) in [6.45, 7) is 11.2. The number of carboxylic acids is 1. The van der Waals surface area contributed by atoms with E-state index in [1.807, 2.05) is 30.0 Å². The molecule has 0 spiro atoms. The highest BCUT2D eigenvalue weighted by Gasteiger charge is 2.38. The Labute approximate surface area is 204 Å². The predicted molar refractivity (Wildman–Crippen MR) is 127 cm³/mol. The molecule has 1 unspecified atom stereocenters. The van der Waals surface area contributed by atoms with Crippen molar-refractivity contribution in [1.29, 1.82) is 0 Å². The lowest BCUT2D eigenvalue weighted by atomic mass is 9.87. The molecule has 2 aromatic rings. The monoisotopic (exact) mass is 494 g/mol. The quantitative estimate of drug-likeness (QED) is 0.576. The highest BCUT2D eigenvalue weighted by molar-refractivity contribution is 5.81. The van der Waals surface area contributed by atoms with Crippen molar-refractivity contribution in [2.24, 2.45) is 0 Å². The van der Waals surface area contributed by atoms with Crippen molar-refractivity contribution < 1.29 is 32.6 Å². The molecule has 1 heterocycles. The van der Waals surface area contributed by atoms with Gasteiger partial charge in [0.1, 0.15) is 12.4 Å². The van der Waals surface area contributed by atoms with Crippen molar-refractivity contribution in [1.82, 2.24) is 10.2 Å². The van der Waals surface area contributed by atoms with Crippen LogP contribution in [0.5, 0.6) is 5.75 Å². The van der Waals surface area contributed by atoms with Crippen LogP contribution in [-0.2, 0) is 28.0 Å². The Morgan fingerprint density at radius 1 is 1.06 bits per heavy atom. The molecular weight excluding hydrogens is 461 g/mol. The number of hydrogen-bond acceptors (Lipinski definition) is 4. The number of alkyl halides is 3. The van der Waals surface area contributed by atoms with E-state index in [2.05, 4.69) is 56.4 Å². The maximum Gasteiger partial charge on any atom is 0.490 e. The second-order valence-corrected chi connectivity index (χ2v) is 9.38. The highest BCUT2D eigenvalue weighted by atomic mass is 19.4. The minimum absolute atomic E-state index is 0.144. The Hall–Kier alpha value is -3.07. The van der Waals surface area contributed by atoms with E-state index in [0.717, 1.165) is 18.7 Å². The summed E-state index contributed by atoms with van der Waals surface area (Å²) in [4.78, 5) is 23.6. The molecule has 1 aliphatic rings. The molecular formula is C26H33F3N2O4. The van der Waals surface area contributed by atoms with Gasteiger partial charge in [-0.3, -0.25) is 4.79 Å². The van der Waals surface area contributed by atoms with Gasteiger partial charge in [-0.25, -0.2) is 4.79 Å². The van der Waals surface area contributed by atoms with E-state index in [9.17, 15) is 18.0 Å². The molecule has 2 N–H and O–H groups in total. The van der Waals surface area contributed by atoms with E-state index in [4.69, 9.17) is 14.6 Å². The van der Waals surface area contributed by atoms with E-state index in [1.54, 1.807) is 0 Å². The topological polar surface area (TPSA) is 78.9 Å². The molecule has 192 valence electrons. The number of rotatable bonds is 6. The van der Waals surface area contributed by atoms with Crippen LogP contribution in [0.25, 0.3) is 0 Å². The maximum atomic E-state index is 12.7. The first-order valence-corrected chi connectivity index (χ1v) is 11.4. The Morgan fingerprint density at radius 3 is 2.17 bits per heavy atom. The fraction of sp³-hybridized carbons (Fsp3) is 0.462. The Kier molecular flexibility index (Phi) is 9.71. The molecule has 35 heavy (non-hydrogen) atoms. The van der Waals surface area contributed by atoms with Crippen LogP contribution >= 0.6 is 0 Å². The summed E-state index contributed by atoms with van der Waals surface area (Å²) >= 11 is 0. The van der Waals surface area contributed by atoms with E-state index < -0.39 is 12.1 Å². The van der Waals surface area contributed by atoms with Gasteiger partial charge in [-0.15, -0.1) is 0 Å². The molecule has 2 aromatic carbocycles. The zero-order chi connectivity index (χ0) is 26.2. The Balaban J connectivity index is 0.000000540. The first-order valence-electron chi connectivity index (χ1n) is 11.4. The highest BCUT2D eigenvalue weighted by Crippen LogP contribution is 2.24. The van der Waals surface area contributed by atoms with Crippen molar-refractivity contribution in [2.45, 2.75) is 58.3 Å². The number of benzene rings is 2. The number of hydrogen-bond donors (Lipinski definition) is 2. The van der Waals surface area contributed by atoms with E-state index in [-0.39, 0.29) is 17.4 Å². The summed E-state index contributed by atoms with van der Waals surface area (Å²) < 4.78 is 37.5. The van der Waals surface area contributed by atoms with Gasteiger partial charge in [0.15, 0.2) is 0 Å². The standard InChI is InChI=1S/C24H32N2O2.C2HF3O2/c1-18(23(27)26-15-13-19-7-5-6-8-20(19)17-26)25-14-16-28-22-11-9-21(10-12-22)24(2,3)4;3-2(4,5)1(6)7/h5-12,18,25H,13-17H2,1-4H3;(H,6,7). The molecule has 0 fully saturated rings. The molecule has 0 saturated heterocycles. The van der Waals surface area contributed by atoms with Gasteiger partial charge in [0.25, 0.3) is 0 Å². The van der Waals surface area contributed by atoms with Crippen LogP contribution in [0.3, 0.4) is 0 Å². The van der Waals surface area contributed by atoms with E-state index in [1.165, 1.54) is 16.7 Å². The molecule has 0 aliphatic carbocycles. The zero-order valence-electron chi connectivity index (χ0n) is 20.5. The number of carboxylic acid groups (broad SMARTS) is 1. The summed E-state index contributed by atoms with van der Waals surface area (Å²) in [5.41, 5.74) is 4.06. The van der Waals surface area contributed by atoms with Gasteiger partial charge in [0.2, 0.25) is 5.91 Å². The Bertz CT molecular complexity index is 985. The molecule has 6 nitrogen and oxygen atoms in total. The number of nitrogens with one attached hydrogen (secondary N) is 1. The van der Waals surface area contributed by atoms with Gasteiger partial charge in [-0.1, -0.05) is 57.2 Å². The lowest BCUT2D eigenvalue weighted by Crippen LogP contribution is -2.47. The van der Waals surface area contributed by atoms with Gasteiger partial charge >= 0.3 is 12.1 Å². The summed E-state index contributed by atoms with van der Waals surface area (Å²) in [5, 5.41) is 10.4. The number of nitrogens with zero attached hydrogens (tertiary/aromatic N) is 1. The first kappa shape index (κ1) is 28.2. The van der Waals surface area contributed by atoms with Crippen molar-refractivity contribution in [3.8, 4) is 5.75 Å². The van der Waals surface area contributed by atoms with Crippen molar-refractivity contribution in [3.63, 3.8) is 0 Å². The summed E-state index contributed by atoms with van der Waals surface area (Å²) in [5.74, 6) is -1.74. The third kappa shape index (κ3) is 8.90. The summed E-state index contributed by atoms with van der Waals surface area (Å²) in [6.07, 6.45) is -4.15. The van der Waals surface area contributed by atoms with Gasteiger partial charge < -0.3 is 20.1 Å². The fourth-order valence-corrected chi connectivity index (χ4v) is 3.54. The maximum absolute atomic E-state index is 12.7. The minimum atomic E-state index is -5.08. The summed E-state index contributed by atoms with van der Waals surface area (Å²) in [7, 11) is 0. The van der Waals surface area contributed by atoms with Crippen molar-refractivity contribution in [2.75, 3.05) is 19.7 Å². The normalized spacial score (nSPS) is 14.3. The van der Waals surface area contributed by atoms with Gasteiger partial charge in [0.05, 0.1) is 6.04 Å². The Morgan fingerprint density at radius 2 is 1.63 bits per heavy atom. The number of aliphatic carboxylic acids is 1. The number of fused-ring (bicyclic) bond motifs is 1. The van der Waals surface area contributed by atoms with Crippen LogP contribution in [0, 0.1) is 0 Å². The molecule has 1 atom stereocenters. The summed E-state index contributed by atoms with van der Waals surface area (Å²) in [6, 6.07) is 16.4. The lowest BCUT2D eigenvalue weighted by Gasteiger charge is -2.31. The molecule has 0 saturated carbocycles. The number of ether oxygens (including phenoxy) is 1. The molecule has 0 aromatic heterocycles. The molecule has 0 radical (unpaired) electrons. The average Bonchev–Trinajstić information content (AvgIpc) is 2.80. The van der Waals surface area contributed by atoms with Crippen LogP contribution in [0.1, 0.15) is 44.4 Å². The van der Waals surface area contributed by atoms with Gasteiger partial charge in [0, 0.05) is 19.6 Å². The third-order valence-corrected chi connectivity index (χ3v) is 5.60. The zero-order valence-corrected chi connectivity index (χ0v) is 20.5. The molecule has 1 amide bonds. The first-order chi connectivity index (χ1) is 16.3. The third-order valence-electron chi connectivity index (χ3n) is 5.60. The van der Waals surface area contributed by atoms with Crippen LogP contribution in [0.4, 0.5) is 13.2 Å². The SMILES string of the molecule is CC(NCCOc1ccc(C(C)(C)C)cc1)C(=O)N1CCc2ccccc2C1.O=C(O)C(F)(F)F. The smallest absolute Gasteiger partial charge is 0.490 e. The number of carbonyl (C=O) groups is 2. The lowest BCUT2D eigenvalue weighted by molar-refractivity contribution is -0.192. The largest absolute Gasteiger partial charge is 0.492 e. The molecule has 3 rings (SSSR count). The number of halogens is 3. The van der Waals surface area contributed by atoms with Gasteiger partial charge in [-0.05, 0) is 47.6 Å². The van der Waals surface area contributed by atoms with Crippen LogP contribution in [0.2, 0.25) is 0 Å². The van der Waals surface area contributed by atoms with Gasteiger partial charge in [-0.2, -0.15) is 13.2 Å². The van der Waals surface area contributed by atoms with Crippen molar-refractivity contribution >= 4 is 11.9 Å². The predicted octanol–water partition coefficient (Wildman–Crippen LogP) is 4.56. The average molecular weight is 495 g/mol. The van der Waals surface area contributed by atoms with Crippen molar-refractivity contribution in [3.05, 3.63) is 65.2 Å². The molecule has 1 aliphatic heterocycles. The molecule has 9 heteroatoms. The van der Waals surface area contributed by atoms with Crippen LogP contribution in [-0.4, -0.2) is 53.8 Å². The second-order valence-electron chi connectivity index (χ2n) is 9.38. The number of amides is 1. The molecule has 0 bridgehead atoms. The van der Waals surface area contributed by atoms with Crippen LogP contribution < -0.4 is 10.1 Å². The fourth-order valence-electron chi connectivity index (χ4n) is 3.54. The van der Waals surface area contributed by atoms with E-state index >= 15 is 0 Å². The van der Waals surface area contributed by atoms with E-state index in [0.29, 0.717) is 19.7 Å². The van der Waals surface area contributed by atoms with Crippen LogP contribution in [0.15, 0.2) is 48.5 Å². The number of carbonyl (C=O) groups excluding carboxylic acids is 1. The minimum Gasteiger partial charge on any atom is -0.492 e.